The zero-order chi connectivity index (χ0) is 20.5. The number of hydrogen-bond acceptors (Lipinski definition) is 2. The third-order valence-electron chi connectivity index (χ3n) is 3.75. The first kappa shape index (κ1) is 19.5. The molecule has 3 nitrogen and oxygen atoms in total. The van der Waals surface area contributed by atoms with Gasteiger partial charge in [-0.25, -0.2) is 0 Å². The highest BCUT2D eigenvalue weighted by molar-refractivity contribution is 5.75. The topological polar surface area (TPSA) is 39.2 Å². The molecule has 0 amide bonds. The molecule has 0 fully saturated rings. The summed E-state index contributed by atoms with van der Waals surface area (Å²) in [5.74, 6) is -0.260. The Morgan fingerprint density at radius 3 is 1.89 bits per heavy atom. The van der Waals surface area contributed by atoms with E-state index in [1.807, 2.05) is 0 Å². The normalized spacial score (nSPS) is 13.0. The van der Waals surface area contributed by atoms with Gasteiger partial charge in [0.25, 0.3) is 0 Å². The maximum atomic E-state index is 13.0. The van der Waals surface area contributed by atoms with Gasteiger partial charge in [-0.1, -0.05) is 18.2 Å². The summed E-state index contributed by atoms with van der Waals surface area (Å²) in [6, 6.07) is 11.6. The number of halogens is 6. The van der Waals surface area contributed by atoms with Crippen LogP contribution in [-0.2, 0) is 12.4 Å². The zero-order valence-corrected chi connectivity index (χ0v) is 13.9. The SMILES string of the molecule is [O-][N+](=Cc1ccc(-c2cc(C(F)(F)F)cc(C(F)(F)F)c2)o1)c1ccccc1. The van der Waals surface area contributed by atoms with Gasteiger partial charge in [-0.15, -0.1) is 0 Å². The Morgan fingerprint density at radius 2 is 1.36 bits per heavy atom. The van der Waals surface area contributed by atoms with Crippen LogP contribution in [0.2, 0.25) is 0 Å². The Kier molecular flexibility index (Phi) is 4.93. The maximum absolute atomic E-state index is 13.0. The van der Waals surface area contributed by atoms with Crippen molar-refractivity contribution >= 4 is 11.9 Å². The molecule has 0 saturated heterocycles. The number of nitrogens with zero attached hydrogens (tertiary/aromatic N) is 1. The van der Waals surface area contributed by atoms with E-state index < -0.39 is 29.0 Å². The molecule has 0 bridgehead atoms. The molecule has 3 rings (SSSR count). The molecule has 3 aromatic rings. The third-order valence-corrected chi connectivity index (χ3v) is 3.75. The van der Waals surface area contributed by atoms with Crippen LogP contribution in [0.5, 0.6) is 0 Å². The highest BCUT2D eigenvalue weighted by atomic mass is 19.4. The Labute approximate surface area is 154 Å². The molecule has 0 N–H and O–H groups in total. The average Bonchev–Trinajstić information content (AvgIpc) is 3.09. The molecule has 0 radical (unpaired) electrons. The summed E-state index contributed by atoms with van der Waals surface area (Å²) in [7, 11) is 0. The Balaban J connectivity index is 2.01. The number of para-hydroxylation sites is 1. The van der Waals surface area contributed by atoms with Crippen molar-refractivity contribution in [2.75, 3.05) is 0 Å². The fraction of sp³-hybridized carbons (Fsp3) is 0.105. The second-order valence-corrected chi connectivity index (χ2v) is 5.79. The van der Waals surface area contributed by atoms with E-state index in [4.69, 9.17) is 4.42 Å². The van der Waals surface area contributed by atoms with E-state index in [9.17, 15) is 31.5 Å². The van der Waals surface area contributed by atoms with E-state index in [1.165, 1.54) is 24.3 Å². The zero-order valence-electron chi connectivity index (χ0n) is 13.9. The molecular weight excluding hydrogens is 388 g/mol. The van der Waals surface area contributed by atoms with Gasteiger partial charge in [0.05, 0.1) is 11.1 Å². The van der Waals surface area contributed by atoms with Crippen molar-refractivity contribution in [1.29, 1.82) is 0 Å². The third kappa shape index (κ3) is 4.36. The number of benzene rings is 2. The van der Waals surface area contributed by atoms with E-state index in [1.54, 1.807) is 18.2 Å². The first-order valence-corrected chi connectivity index (χ1v) is 7.80. The van der Waals surface area contributed by atoms with Gasteiger partial charge in [0.1, 0.15) is 5.76 Å². The van der Waals surface area contributed by atoms with Crippen LogP contribution < -0.4 is 0 Å². The highest BCUT2D eigenvalue weighted by Gasteiger charge is 2.37. The van der Waals surface area contributed by atoms with Crippen molar-refractivity contribution in [3.8, 4) is 11.3 Å². The Bertz CT molecular complexity index is 971. The monoisotopic (exact) mass is 399 g/mol. The van der Waals surface area contributed by atoms with Gasteiger partial charge < -0.3 is 9.62 Å². The van der Waals surface area contributed by atoms with Crippen LogP contribution in [0.3, 0.4) is 0 Å². The predicted octanol–water partition coefficient (Wildman–Crippen LogP) is 6.25. The summed E-state index contributed by atoms with van der Waals surface area (Å²) < 4.78 is 83.5. The van der Waals surface area contributed by atoms with Gasteiger partial charge in [-0.05, 0) is 30.3 Å². The van der Waals surface area contributed by atoms with Crippen molar-refractivity contribution in [3.63, 3.8) is 0 Å². The van der Waals surface area contributed by atoms with E-state index in [0.717, 1.165) is 6.21 Å². The molecule has 0 aliphatic heterocycles. The predicted molar refractivity (Wildman–Crippen MR) is 89.0 cm³/mol. The lowest BCUT2D eigenvalue weighted by atomic mass is 10.0. The van der Waals surface area contributed by atoms with Gasteiger partial charge in [-0.2, -0.15) is 31.1 Å². The average molecular weight is 399 g/mol. The van der Waals surface area contributed by atoms with Crippen LogP contribution in [0.15, 0.2) is 65.1 Å². The molecule has 9 heteroatoms. The molecule has 0 unspecified atom stereocenters. The smallest absolute Gasteiger partial charge is 0.416 e. The van der Waals surface area contributed by atoms with Crippen LogP contribution in [0.25, 0.3) is 11.3 Å². The van der Waals surface area contributed by atoms with E-state index in [-0.39, 0.29) is 23.3 Å². The molecule has 0 spiro atoms. The Morgan fingerprint density at radius 1 is 0.786 bits per heavy atom. The molecule has 0 saturated carbocycles. The van der Waals surface area contributed by atoms with Gasteiger partial charge in [0.2, 0.25) is 11.9 Å². The number of alkyl halides is 6. The minimum atomic E-state index is -4.96. The van der Waals surface area contributed by atoms with E-state index >= 15 is 0 Å². The second kappa shape index (κ2) is 7.06. The fourth-order valence-corrected chi connectivity index (χ4v) is 2.44. The van der Waals surface area contributed by atoms with Crippen molar-refractivity contribution in [3.05, 3.63) is 82.8 Å². The number of hydrogen-bond donors (Lipinski definition) is 0. The largest absolute Gasteiger partial charge is 0.618 e. The minimum absolute atomic E-state index is 0.0279. The first-order chi connectivity index (χ1) is 13.0. The molecule has 0 atom stereocenters. The van der Waals surface area contributed by atoms with Crippen molar-refractivity contribution in [1.82, 2.24) is 0 Å². The molecule has 1 heterocycles. The van der Waals surface area contributed by atoms with Gasteiger partial charge in [0.15, 0.2) is 5.76 Å². The van der Waals surface area contributed by atoms with Gasteiger partial charge in [0, 0.05) is 17.7 Å². The van der Waals surface area contributed by atoms with Crippen molar-refractivity contribution in [2.45, 2.75) is 12.4 Å². The number of rotatable bonds is 3. The summed E-state index contributed by atoms with van der Waals surface area (Å²) in [5, 5.41) is 12.0. The van der Waals surface area contributed by atoms with E-state index in [0.29, 0.717) is 16.9 Å². The lowest BCUT2D eigenvalue weighted by molar-refractivity contribution is -0.354. The summed E-state index contributed by atoms with van der Waals surface area (Å²) in [6.45, 7) is 0. The van der Waals surface area contributed by atoms with Crippen LogP contribution in [0.1, 0.15) is 16.9 Å². The van der Waals surface area contributed by atoms with Crippen LogP contribution in [0.4, 0.5) is 32.0 Å². The second-order valence-electron chi connectivity index (χ2n) is 5.79. The highest BCUT2D eigenvalue weighted by Crippen LogP contribution is 2.38. The minimum Gasteiger partial charge on any atom is -0.618 e. The number of furan rings is 1. The van der Waals surface area contributed by atoms with Crippen LogP contribution in [0, 0.1) is 5.21 Å². The summed E-state index contributed by atoms with van der Waals surface area (Å²) >= 11 is 0. The summed E-state index contributed by atoms with van der Waals surface area (Å²) in [6.07, 6.45) is -8.90. The first-order valence-electron chi connectivity index (χ1n) is 7.80. The molecule has 1 aromatic heterocycles. The van der Waals surface area contributed by atoms with Crippen LogP contribution in [-0.4, -0.2) is 11.0 Å². The summed E-state index contributed by atoms with van der Waals surface area (Å²) in [5.41, 5.74) is -3.03. The quantitative estimate of drug-likeness (QED) is 0.172. The maximum Gasteiger partial charge on any atom is 0.416 e. The van der Waals surface area contributed by atoms with Gasteiger partial charge >= 0.3 is 12.4 Å². The lowest BCUT2D eigenvalue weighted by Crippen LogP contribution is -2.11. The fourth-order valence-electron chi connectivity index (χ4n) is 2.44. The Hall–Kier alpha value is -3.23. The van der Waals surface area contributed by atoms with Crippen molar-refractivity contribution < 1.29 is 35.5 Å². The molecule has 0 aliphatic carbocycles. The van der Waals surface area contributed by atoms with E-state index in [2.05, 4.69) is 0 Å². The van der Waals surface area contributed by atoms with Crippen LogP contribution >= 0.6 is 0 Å². The molecule has 2 aromatic carbocycles. The lowest BCUT2D eigenvalue weighted by Gasteiger charge is -2.13. The van der Waals surface area contributed by atoms with Crippen molar-refractivity contribution in [2.24, 2.45) is 0 Å². The standard InChI is InChI=1S/C19H11F6NO2/c20-18(21,22)13-8-12(9-14(10-13)19(23,24)25)17-7-6-16(28-17)11-26(27)15-4-2-1-3-5-15/h1-11H. The molecule has 146 valence electrons. The molecule has 0 aliphatic rings. The van der Waals surface area contributed by atoms with Gasteiger partial charge in [-0.3, -0.25) is 0 Å². The molecule has 28 heavy (non-hydrogen) atoms. The summed E-state index contributed by atoms with van der Waals surface area (Å²) in [4.78, 5) is 0. The molecular formula is C19H11F6NO2.